The molecule has 0 unspecified atom stereocenters. The van der Waals surface area contributed by atoms with Crippen molar-refractivity contribution in [1.82, 2.24) is 29.5 Å². The van der Waals surface area contributed by atoms with Gasteiger partial charge in [0.05, 0.1) is 19.3 Å². The molecule has 12 heteroatoms. The Balaban J connectivity index is 0.000000195. The minimum atomic E-state index is -0.949. The zero-order valence-corrected chi connectivity index (χ0v) is 22.5. The first-order chi connectivity index (χ1) is 19.7. The Morgan fingerprint density at radius 3 is 1.90 bits per heavy atom. The summed E-state index contributed by atoms with van der Waals surface area (Å²) in [5.41, 5.74) is 8.28. The molecule has 0 atom stereocenters. The molecule has 212 valence electrons. The number of aromatic nitrogens is 6. The summed E-state index contributed by atoms with van der Waals surface area (Å²) in [6.45, 7) is 4.54. The van der Waals surface area contributed by atoms with Crippen molar-refractivity contribution in [3.8, 4) is 11.5 Å². The van der Waals surface area contributed by atoms with Gasteiger partial charge in [0.25, 0.3) is 5.56 Å². The van der Waals surface area contributed by atoms with Gasteiger partial charge in [0.1, 0.15) is 28.9 Å². The molecule has 0 spiro atoms. The van der Waals surface area contributed by atoms with E-state index in [2.05, 4.69) is 20.2 Å². The van der Waals surface area contributed by atoms with E-state index >= 15 is 0 Å². The molecule has 0 aliphatic rings. The van der Waals surface area contributed by atoms with Gasteiger partial charge in [-0.3, -0.25) is 19.6 Å². The summed E-state index contributed by atoms with van der Waals surface area (Å²) in [7, 11) is 0. The fraction of sp³-hybridized carbons (Fsp3) is 0.207. The number of nitrogen functional groups attached to an aromatic ring is 1. The van der Waals surface area contributed by atoms with Crippen LogP contribution in [0.3, 0.4) is 0 Å². The van der Waals surface area contributed by atoms with Crippen molar-refractivity contribution in [2.45, 2.75) is 39.8 Å². The first-order valence-corrected chi connectivity index (χ1v) is 12.9. The maximum absolute atomic E-state index is 13.8. The van der Waals surface area contributed by atoms with Crippen LogP contribution < -0.4 is 11.3 Å². The Kier molecular flexibility index (Phi) is 9.12. The molecule has 0 fully saturated rings. The molecule has 41 heavy (non-hydrogen) atoms. The number of hydrogen-bond donors (Lipinski definition) is 3. The lowest BCUT2D eigenvalue weighted by atomic mass is 10.2. The number of aromatic amines is 1. The van der Waals surface area contributed by atoms with Crippen LogP contribution in [0.5, 0.6) is 0 Å². The van der Waals surface area contributed by atoms with Gasteiger partial charge in [-0.25, -0.2) is 13.8 Å². The fourth-order valence-electron chi connectivity index (χ4n) is 4.09. The van der Waals surface area contributed by atoms with Gasteiger partial charge >= 0.3 is 0 Å². The summed E-state index contributed by atoms with van der Waals surface area (Å²) in [5, 5.41) is 15.9. The average Bonchev–Trinajstić information content (AvgIpc) is 3.57. The van der Waals surface area contributed by atoms with Gasteiger partial charge < -0.3 is 10.7 Å². The van der Waals surface area contributed by atoms with Crippen LogP contribution >= 0.6 is 0 Å². The van der Waals surface area contributed by atoms with Crippen molar-refractivity contribution >= 4 is 5.84 Å². The fourth-order valence-corrected chi connectivity index (χ4v) is 4.09. The third kappa shape index (κ3) is 6.96. The van der Waals surface area contributed by atoms with Gasteiger partial charge in [-0.2, -0.15) is 14.6 Å². The molecule has 3 aromatic heterocycles. The number of benzene rings is 2. The van der Waals surface area contributed by atoms with Crippen LogP contribution in [0.4, 0.5) is 13.2 Å². The van der Waals surface area contributed by atoms with Gasteiger partial charge in [-0.1, -0.05) is 50.2 Å². The van der Waals surface area contributed by atoms with E-state index in [0.29, 0.717) is 35.5 Å². The van der Waals surface area contributed by atoms with Crippen molar-refractivity contribution in [3.63, 3.8) is 0 Å². The summed E-state index contributed by atoms with van der Waals surface area (Å²) >= 11 is 0. The van der Waals surface area contributed by atoms with E-state index in [9.17, 15) is 18.0 Å². The highest BCUT2D eigenvalue weighted by Crippen LogP contribution is 2.17. The number of amidine groups is 1. The van der Waals surface area contributed by atoms with Crippen LogP contribution in [0.1, 0.15) is 42.1 Å². The Bertz CT molecular complexity index is 1720. The molecule has 5 rings (SSSR count). The van der Waals surface area contributed by atoms with Gasteiger partial charge in [0.2, 0.25) is 5.82 Å². The van der Waals surface area contributed by atoms with Crippen molar-refractivity contribution in [3.05, 3.63) is 123 Å². The maximum atomic E-state index is 13.8. The Morgan fingerprint density at radius 1 is 0.854 bits per heavy atom. The molecule has 4 N–H and O–H groups in total. The largest absolute Gasteiger partial charge is 0.382 e. The molecule has 0 radical (unpaired) electrons. The van der Waals surface area contributed by atoms with Crippen LogP contribution in [0.25, 0.3) is 11.5 Å². The SMILES string of the molecule is CCc1cc(-c2ncc(F)c(=O)[nH]2)nn1Cc1ccccc1F.CCc1cc(C(=N)N)nn1Cc1ccccc1F. The van der Waals surface area contributed by atoms with E-state index in [0.717, 1.165) is 24.0 Å². The van der Waals surface area contributed by atoms with Crippen LogP contribution in [0, 0.1) is 22.9 Å². The number of nitrogens with one attached hydrogen (secondary N) is 2. The zero-order valence-electron chi connectivity index (χ0n) is 22.5. The predicted molar refractivity (Wildman–Crippen MR) is 149 cm³/mol. The number of aryl methyl sites for hydroxylation is 2. The Labute approximate surface area is 234 Å². The quantitative estimate of drug-likeness (QED) is 0.190. The molecule has 0 aliphatic carbocycles. The minimum absolute atomic E-state index is 0.0722. The van der Waals surface area contributed by atoms with Gasteiger partial charge in [0.15, 0.2) is 5.82 Å². The molecule has 0 saturated carbocycles. The number of nitrogens with two attached hydrogens (primary N) is 1. The molecular formula is C29H29F3N8O. The smallest absolute Gasteiger partial charge is 0.287 e. The first kappa shape index (κ1) is 29.0. The highest BCUT2D eigenvalue weighted by molar-refractivity contribution is 5.93. The van der Waals surface area contributed by atoms with E-state index in [-0.39, 0.29) is 29.8 Å². The van der Waals surface area contributed by atoms with Gasteiger partial charge in [-0.15, -0.1) is 0 Å². The normalized spacial score (nSPS) is 10.8. The number of halogens is 3. The van der Waals surface area contributed by atoms with Gasteiger partial charge in [-0.05, 0) is 37.1 Å². The number of H-pyrrole nitrogens is 1. The van der Waals surface area contributed by atoms with Crippen LogP contribution in [0.15, 0.2) is 71.7 Å². The lowest BCUT2D eigenvalue weighted by Crippen LogP contribution is -2.13. The summed E-state index contributed by atoms with van der Waals surface area (Å²) in [4.78, 5) is 17.5. The third-order valence-corrected chi connectivity index (χ3v) is 6.28. The van der Waals surface area contributed by atoms with E-state index in [4.69, 9.17) is 11.1 Å². The molecule has 0 aliphatic heterocycles. The summed E-state index contributed by atoms with van der Waals surface area (Å²) in [5.74, 6) is -1.40. The predicted octanol–water partition coefficient (Wildman–Crippen LogP) is 4.44. The molecule has 9 nitrogen and oxygen atoms in total. The summed E-state index contributed by atoms with van der Waals surface area (Å²) in [6, 6.07) is 16.6. The topological polar surface area (TPSA) is 131 Å². The highest BCUT2D eigenvalue weighted by Gasteiger charge is 2.13. The second-order valence-corrected chi connectivity index (χ2v) is 9.07. The third-order valence-electron chi connectivity index (χ3n) is 6.28. The number of nitrogens with zero attached hydrogens (tertiary/aromatic N) is 5. The molecule has 5 aromatic rings. The molecular weight excluding hydrogens is 533 g/mol. The highest BCUT2D eigenvalue weighted by atomic mass is 19.1. The monoisotopic (exact) mass is 562 g/mol. The zero-order chi connectivity index (χ0) is 29.5. The molecule has 0 amide bonds. The van der Waals surface area contributed by atoms with Crippen LogP contribution in [-0.4, -0.2) is 35.4 Å². The van der Waals surface area contributed by atoms with E-state index in [1.54, 1.807) is 57.9 Å². The van der Waals surface area contributed by atoms with E-state index < -0.39 is 11.4 Å². The number of hydrogen-bond acceptors (Lipinski definition) is 5. The minimum Gasteiger partial charge on any atom is -0.382 e. The van der Waals surface area contributed by atoms with Crippen molar-refractivity contribution in [2.24, 2.45) is 5.73 Å². The summed E-state index contributed by atoms with van der Waals surface area (Å²) in [6.07, 6.45) is 2.29. The van der Waals surface area contributed by atoms with E-state index in [1.807, 2.05) is 13.8 Å². The Hall–Kier alpha value is -5.00. The lowest BCUT2D eigenvalue weighted by Gasteiger charge is -2.06. The summed E-state index contributed by atoms with van der Waals surface area (Å²) < 4.78 is 43.7. The molecule has 0 bridgehead atoms. The van der Waals surface area contributed by atoms with Crippen LogP contribution in [-0.2, 0) is 25.9 Å². The maximum Gasteiger partial charge on any atom is 0.287 e. The second kappa shape index (κ2) is 12.9. The number of rotatable bonds is 8. The average molecular weight is 563 g/mol. The van der Waals surface area contributed by atoms with Crippen molar-refractivity contribution in [2.75, 3.05) is 0 Å². The molecule has 2 aromatic carbocycles. The van der Waals surface area contributed by atoms with Crippen molar-refractivity contribution in [1.29, 1.82) is 5.41 Å². The standard InChI is InChI=1S/C16H14F2N4O.C13H15FN4/c1-2-11-7-14(15-19-8-13(18)16(23)20-15)21-22(11)9-10-5-3-4-6-12(10)17;1-2-10-7-12(13(15)16)17-18(10)8-9-5-3-4-6-11(9)14/h3-8H,2,9H2,1H3,(H,19,20,23);3-7H,2,8H2,1H3,(H3,15,16). The van der Waals surface area contributed by atoms with Crippen LogP contribution in [0.2, 0.25) is 0 Å². The second-order valence-electron chi connectivity index (χ2n) is 9.07. The first-order valence-electron chi connectivity index (χ1n) is 12.9. The molecule has 0 saturated heterocycles. The lowest BCUT2D eigenvalue weighted by molar-refractivity contribution is 0.576. The Morgan fingerprint density at radius 2 is 1.39 bits per heavy atom. The van der Waals surface area contributed by atoms with Crippen molar-refractivity contribution < 1.29 is 13.2 Å². The van der Waals surface area contributed by atoms with Gasteiger partial charge in [0, 0.05) is 22.5 Å². The van der Waals surface area contributed by atoms with E-state index in [1.165, 1.54) is 12.1 Å². The molecule has 3 heterocycles.